The van der Waals surface area contributed by atoms with E-state index in [4.69, 9.17) is 16.6 Å². The van der Waals surface area contributed by atoms with Crippen LogP contribution in [-0.2, 0) is 15.1 Å². The summed E-state index contributed by atoms with van der Waals surface area (Å²) in [5.41, 5.74) is 2.58. The van der Waals surface area contributed by atoms with Crippen LogP contribution in [0.4, 0.5) is 4.39 Å². The number of piperazine rings is 1. The summed E-state index contributed by atoms with van der Waals surface area (Å²) in [5.74, 6) is -0.623. The van der Waals surface area contributed by atoms with E-state index in [9.17, 15) is 9.59 Å². The molecule has 5 aliphatic rings. The number of allylic oxidation sites excluding steroid dienone is 1. The maximum Gasteiger partial charge on any atom is 0.263 e. The van der Waals surface area contributed by atoms with Gasteiger partial charge in [0.15, 0.2) is 5.17 Å². The molecule has 5 heterocycles. The molecule has 3 fully saturated rings. The molecule has 4 aliphatic heterocycles. The monoisotopic (exact) mass is 664 g/mol. The highest BCUT2D eigenvalue weighted by molar-refractivity contribution is 8.18. The van der Waals surface area contributed by atoms with Crippen molar-refractivity contribution in [1.29, 1.82) is 0 Å². The molecule has 1 aliphatic carbocycles. The van der Waals surface area contributed by atoms with Crippen LogP contribution in [0.5, 0.6) is 0 Å². The van der Waals surface area contributed by atoms with Crippen LogP contribution in [0.2, 0.25) is 5.02 Å². The number of nitrogens with one attached hydrogen (secondary N) is 1. The predicted molar refractivity (Wildman–Crippen MR) is 180 cm³/mol. The second kappa shape index (κ2) is 11.3. The van der Waals surface area contributed by atoms with Crippen molar-refractivity contribution in [3.63, 3.8) is 0 Å². The maximum absolute atomic E-state index is 15.0. The molecule has 244 valence electrons. The summed E-state index contributed by atoms with van der Waals surface area (Å²) in [4.78, 5) is 45.3. The first-order valence-corrected chi connectivity index (χ1v) is 17.6. The van der Waals surface area contributed by atoms with Gasteiger partial charge in [-0.15, -0.1) is 0 Å². The molecule has 46 heavy (non-hydrogen) atoms. The minimum absolute atomic E-state index is 0.0488. The summed E-state index contributed by atoms with van der Waals surface area (Å²) in [6, 6.07) is 7.95. The highest BCUT2D eigenvalue weighted by atomic mass is 35.5. The first-order chi connectivity index (χ1) is 21.8. The molecule has 8 nitrogen and oxygen atoms in total. The van der Waals surface area contributed by atoms with Crippen molar-refractivity contribution in [1.82, 2.24) is 25.0 Å². The van der Waals surface area contributed by atoms with Crippen LogP contribution < -0.4 is 5.32 Å². The van der Waals surface area contributed by atoms with Gasteiger partial charge in [-0.1, -0.05) is 37.6 Å². The number of amidine groups is 1. The molecule has 0 radical (unpaired) electrons. The highest BCUT2D eigenvalue weighted by Crippen LogP contribution is 2.56. The molecule has 2 aromatic rings. The second-order valence-corrected chi connectivity index (χ2v) is 15.7. The van der Waals surface area contributed by atoms with Gasteiger partial charge in [-0.25, -0.2) is 9.38 Å². The molecule has 1 saturated carbocycles. The van der Waals surface area contributed by atoms with E-state index < -0.39 is 23.4 Å². The Morgan fingerprint density at radius 1 is 1.13 bits per heavy atom. The van der Waals surface area contributed by atoms with Crippen LogP contribution in [0.1, 0.15) is 83.2 Å². The molecule has 1 aromatic carbocycles. The molecule has 11 heteroatoms. The lowest BCUT2D eigenvalue weighted by Crippen LogP contribution is -2.62. The van der Waals surface area contributed by atoms with E-state index in [2.05, 4.69) is 36.0 Å². The number of halogens is 2. The van der Waals surface area contributed by atoms with Gasteiger partial charge in [0, 0.05) is 53.9 Å². The van der Waals surface area contributed by atoms with Crippen molar-refractivity contribution in [3.8, 4) is 0 Å². The Labute approximate surface area is 279 Å². The Kier molecular flexibility index (Phi) is 7.80. The van der Waals surface area contributed by atoms with Crippen molar-refractivity contribution in [2.24, 2.45) is 10.9 Å². The average molecular weight is 665 g/mol. The van der Waals surface area contributed by atoms with Gasteiger partial charge in [0.05, 0.1) is 11.1 Å². The Bertz CT molecular complexity index is 1660. The Morgan fingerprint density at radius 2 is 1.89 bits per heavy atom. The molecule has 0 bridgehead atoms. The summed E-state index contributed by atoms with van der Waals surface area (Å²) < 4.78 is 15.0. The number of nitrogens with zero attached hydrogens (tertiary/aromatic N) is 5. The number of benzene rings is 1. The van der Waals surface area contributed by atoms with Crippen molar-refractivity contribution in [2.75, 3.05) is 13.1 Å². The number of hydrogen-bond acceptors (Lipinski definition) is 7. The molecule has 7 rings (SSSR count). The SMILES string of the molecule is Cc1ccc(C2(C)N=C3SC(C(=O)N4[C@H](C)CC[C@H]4C(=O)N4CC5(CC5)NC[C@H]4C)=C(C(C)C)N3[C@@H]2c2ccc(Cl)c(F)c2)cn1. The van der Waals surface area contributed by atoms with Crippen LogP contribution in [0.15, 0.2) is 52.1 Å². The number of carbonyl (C=O) groups is 2. The number of pyridine rings is 1. The number of amides is 2. The largest absolute Gasteiger partial charge is 0.335 e. The molecule has 5 atom stereocenters. The average Bonchev–Trinajstić information content (AvgIpc) is 3.34. The summed E-state index contributed by atoms with van der Waals surface area (Å²) in [6.45, 7) is 13.7. The Hall–Kier alpha value is -2.95. The Morgan fingerprint density at radius 3 is 2.54 bits per heavy atom. The van der Waals surface area contributed by atoms with Gasteiger partial charge in [-0.3, -0.25) is 14.6 Å². The van der Waals surface area contributed by atoms with Crippen molar-refractivity contribution >= 4 is 40.3 Å². The number of rotatable bonds is 5. The van der Waals surface area contributed by atoms with E-state index in [-0.39, 0.29) is 40.4 Å². The van der Waals surface area contributed by atoms with Crippen LogP contribution in [-0.4, -0.2) is 73.4 Å². The van der Waals surface area contributed by atoms with Gasteiger partial charge in [0.25, 0.3) is 5.91 Å². The third-order valence-electron chi connectivity index (χ3n) is 10.6. The molecule has 1 N–H and O–H groups in total. The Balaban J connectivity index is 1.27. The summed E-state index contributed by atoms with van der Waals surface area (Å²) in [7, 11) is 0. The first kappa shape index (κ1) is 31.6. The number of hydrogen-bond donors (Lipinski definition) is 1. The number of aryl methyl sites for hydroxylation is 1. The predicted octanol–water partition coefficient (Wildman–Crippen LogP) is 6.16. The van der Waals surface area contributed by atoms with Gasteiger partial charge < -0.3 is 20.0 Å². The van der Waals surface area contributed by atoms with Gasteiger partial charge >= 0.3 is 0 Å². The van der Waals surface area contributed by atoms with Crippen molar-refractivity contribution < 1.29 is 14.0 Å². The van der Waals surface area contributed by atoms with E-state index in [1.807, 2.05) is 55.0 Å². The zero-order valence-corrected chi connectivity index (χ0v) is 28.9. The highest BCUT2D eigenvalue weighted by Gasteiger charge is 2.55. The van der Waals surface area contributed by atoms with Crippen LogP contribution in [0, 0.1) is 18.7 Å². The van der Waals surface area contributed by atoms with Gasteiger partial charge in [-0.2, -0.15) is 0 Å². The molecular formula is C35H42ClFN6O2S. The molecule has 2 saturated heterocycles. The van der Waals surface area contributed by atoms with Gasteiger partial charge in [0.1, 0.15) is 22.3 Å². The minimum atomic E-state index is -0.811. The van der Waals surface area contributed by atoms with Gasteiger partial charge in [-0.05, 0) is 94.8 Å². The standard InChI is InChI=1S/C35H42ClFN6O2S/c1-19(2)28-29(32(45)42-21(4)8-12-27(42)31(44)41-18-35(13-14-35)39-16-22(41)5)46-33-40-34(6,24-10-7-20(3)38-17-24)30(43(28)33)23-9-11-25(36)26(37)15-23/h7,9-11,15,17,19,21-22,27,30,39H,8,12-14,16,18H2,1-6H3/t21-,22-,27+,30-,34?/m1/s1. The van der Waals surface area contributed by atoms with E-state index in [1.165, 1.54) is 17.8 Å². The van der Waals surface area contributed by atoms with E-state index in [0.717, 1.165) is 42.8 Å². The number of aliphatic imine (C=N–C) groups is 1. The van der Waals surface area contributed by atoms with Crippen LogP contribution in [0.25, 0.3) is 0 Å². The smallest absolute Gasteiger partial charge is 0.263 e. The van der Waals surface area contributed by atoms with Crippen molar-refractivity contribution in [2.45, 2.75) is 102 Å². The quantitative estimate of drug-likeness (QED) is 0.413. The second-order valence-electron chi connectivity index (χ2n) is 14.3. The third kappa shape index (κ3) is 5.06. The lowest BCUT2D eigenvalue weighted by molar-refractivity contribution is -0.145. The van der Waals surface area contributed by atoms with Crippen molar-refractivity contribution in [3.05, 3.63) is 74.8 Å². The normalized spacial score (nSPS) is 30.0. The lowest BCUT2D eigenvalue weighted by atomic mass is 9.81. The molecule has 1 aromatic heterocycles. The number of thioether (sulfide) groups is 1. The lowest BCUT2D eigenvalue weighted by Gasteiger charge is -2.42. The van der Waals surface area contributed by atoms with Gasteiger partial charge in [0.2, 0.25) is 5.91 Å². The fourth-order valence-corrected chi connectivity index (χ4v) is 9.22. The number of likely N-dealkylation sites (tertiary alicyclic amines) is 1. The van der Waals surface area contributed by atoms with E-state index in [0.29, 0.717) is 28.6 Å². The van der Waals surface area contributed by atoms with E-state index >= 15 is 4.39 Å². The fourth-order valence-electron chi connectivity index (χ4n) is 7.75. The summed E-state index contributed by atoms with van der Waals surface area (Å²) in [5, 5.41) is 4.37. The minimum Gasteiger partial charge on any atom is -0.335 e. The summed E-state index contributed by atoms with van der Waals surface area (Å²) >= 11 is 7.50. The van der Waals surface area contributed by atoms with Crippen LogP contribution in [0.3, 0.4) is 0 Å². The fraction of sp³-hybridized carbons (Fsp3) is 0.543. The molecule has 2 amide bonds. The first-order valence-electron chi connectivity index (χ1n) is 16.4. The molecule has 1 unspecified atom stereocenters. The maximum atomic E-state index is 15.0. The number of fused-ring (bicyclic) bond motifs is 1. The summed E-state index contributed by atoms with van der Waals surface area (Å²) in [6.07, 6.45) is 5.44. The topological polar surface area (TPSA) is 81.1 Å². The van der Waals surface area contributed by atoms with Crippen LogP contribution >= 0.6 is 23.4 Å². The molecule has 1 spiro atoms. The number of aromatic nitrogens is 1. The zero-order valence-electron chi connectivity index (χ0n) is 27.3. The third-order valence-corrected chi connectivity index (χ3v) is 12.0. The zero-order chi connectivity index (χ0) is 32.7. The molecular weight excluding hydrogens is 623 g/mol. The van der Waals surface area contributed by atoms with E-state index in [1.54, 1.807) is 6.07 Å². The number of carbonyl (C=O) groups excluding carboxylic acids is 2.